The number of piperidine rings is 1. The first-order valence-electron chi connectivity index (χ1n) is 14.4. The normalized spacial score (nSPS) is 16.3. The van der Waals surface area contributed by atoms with Crippen LogP contribution in [0.15, 0.2) is 78.9 Å². The van der Waals surface area contributed by atoms with Crippen molar-refractivity contribution in [2.24, 2.45) is 0 Å². The molecule has 0 saturated carbocycles. The summed E-state index contributed by atoms with van der Waals surface area (Å²) in [6, 6.07) is 28.4. The molecule has 196 valence electrons. The Morgan fingerprint density at radius 1 is 0.711 bits per heavy atom. The van der Waals surface area contributed by atoms with E-state index in [1.54, 1.807) is 0 Å². The maximum Gasteiger partial charge on any atom is 0.165 e. The van der Waals surface area contributed by atoms with Gasteiger partial charge in [0.15, 0.2) is 5.78 Å². The number of fused-ring (bicyclic) bond motifs is 3. The summed E-state index contributed by atoms with van der Waals surface area (Å²) in [6.07, 6.45) is 6.58. The molecule has 1 aliphatic carbocycles. The van der Waals surface area contributed by atoms with Gasteiger partial charge in [0.1, 0.15) is 0 Å². The second-order valence-corrected chi connectivity index (χ2v) is 11.1. The molecule has 2 aliphatic rings. The Morgan fingerprint density at radius 2 is 1.39 bits per heavy atom. The van der Waals surface area contributed by atoms with Gasteiger partial charge in [-0.3, -0.25) is 14.6 Å². The van der Waals surface area contributed by atoms with Gasteiger partial charge in [-0.15, -0.1) is 0 Å². The Hall–Kier alpha value is -3.21. The summed E-state index contributed by atoms with van der Waals surface area (Å²) in [5.74, 6) is 0.329. The van der Waals surface area contributed by atoms with Crippen molar-refractivity contribution in [3.63, 3.8) is 0 Å². The summed E-state index contributed by atoms with van der Waals surface area (Å²) in [5.41, 5.74) is 7.50. The molecule has 0 atom stereocenters. The van der Waals surface area contributed by atoms with Gasteiger partial charge in [0.2, 0.25) is 0 Å². The number of Topliss-reactive ketones (excluding diaryl/α,β-unsaturated/α-hetero) is 1. The lowest BCUT2D eigenvalue weighted by molar-refractivity contribution is 0.0973. The Labute approximate surface area is 226 Å². The first-order valence-corrected chi connectivity index (χ1v) is 14.4. The van der Waals surface area contributed by atoms with Gasteiger partial charge in [-0.25, -0.2) is 0 Å². The standard InChI is InChI=1S/C34H39N3O/c38-33-16-10-15-32-34(33)30-23-29(26-35-19-8-3-9-20-35)17-18-31(30)37(32)22-21-36(24-27-11-4-1-5-12-27)25-28-13-6-2-7-14-28/h1-2,4-7,11-14,17-18,23H,3,8-10,15-16,19-22,24-26H2. The van der Waals surface area contributed by atoms with Crippen LogP contribution in [0.1, 0.15) is 64.8 Å². The number of hydrogen-bond donors (Lipinski definition) is 0. The van der Waals surface area contributed by atoms with Crippen molar-refractivity contribution in [2.45, 2.75) is 64.7 Å². The first-order chi connectivity index (χ1) is 18.7. The van der Waals surface area contributed by atoms with Gasteiger partial charge in [-0.2, -0.15) is 0 Å². The van der Waals surface area contributed by atoms with Crippen LogP contribution >= 0.6 is 0 Å². The molecule has 4 heteroatoms. The fourth-order valence-electron chi connectivity index (χ4n) is 6.44. The largest absolute Gasteiger partial charge is 0.343 e. The number of nitrogens with zero attached hydrogens (tertiary/aromatic N) is 3. The molecule has 0 N–H and O–H groups in total. The van der Waals surface area contributed by atoms with Crippen LogP contribution in [0.2, 0.25) is 0 Å². The summed E-state index contributed by atoms with van der Waals surface area (Å²) in [4.78, 5) is 18.3. The lowest BCUT2D eigenvalue weighted by atomic mass is 9.93. The maximum atomic E-state index is 13.2. The van der Waals surface area contributed by atoms with Crippen LogP contribution in [-0.4, -0.2) is 39.8 Å². The molecule has 0 radical (unpaired) electrons. The zero-order valence-electron chi connectivity index (χ0n) is 22.4. The topological polar surface area (TPSA) is 28.5 Å². The van der Waals surface area contributed by atoms with Crippen molar-refractivity contribution in [1.29, 1.82) is 0 Å². The number of rotatable bonds is 9. The van der Waals surface area contributed by atoms with E-state index in [0.717, 1.165) is 51.1 Å². The summed E-state index contributed by atoms with van der Waals surface area (Å²) in [7, 11) is 0. The third-order valence-corrected chi connectivity index (χ3v) is 8.32. The van der Waals surface area contributed by atoms with Crippen molar-refractivity contribution >= 4 is 16.7 Å². The number of likely N-dealkylation sites (tertiary alicyclic amines) is 1. The second-order valence-electron chi connectivity index (χ2n) is 11.1. The molecule has 0 bridgehead atoms. The highest BCUT2D eigenvalue weighted by Crippen LogP contribution is 2.33. The zero-order valence-corrected chi connectivity index (χ0v) is 22.4. The molecule has 0 amide bonds. The van der Waals surface area contributed by atoms with Gasteiger partial charge in [-0.05, 0) is 67.6 Å². The van der Waals surface area contributed by atoms with Gasteiger partial charge >= 0.3 is 0 Å². The molecule has 4 aromatic rings. The van der Waals surface area contributed by atoms with Crippen molar-refractivity contribution in [1.82, 2.24) is 14.4 Å². The predicted molar refractivity (Wildman–Crippen MR) is 155 cm³/mol. The fourth-order valence-corrected chi connectivity index (χ4v) is 6.44. The molecule has 6 rings (SSSR count). The highest BCUT2D eigenvalue weighted by atomic mass is 16.1. The summed E-state index contributed by atoms with van der Waals surface area (Å²) < 4.78 is 2.47. The molecule has 1 aliphatic heterocycles. The van der Waals surface area contributed by atoms with E-state index >= 15 is 0 Å². The molecule has 0 spiro atoms. The van der Waals surface area contributed by atoms with Crippen LogP contribution in [0.3, 0.4) is 0 Å². The molecule has 0 unspecified atom stereocenters. The minimum Gasteiger partial charge on any atom is -0.343 e. The lowest BCUT2D eigenvalue weighted by Crippen LogP contribution is -2.29. The third-order valence-electron chi connectivity index (χ3n) is 8.32. The number of hydrogen-bond acceptors (Lipinski definition) is 3. The number of ketones is 1. The average molecular weight is 506 g/mol. The quantitative estimate of drug-likeness (QED) is 0.249. The smallest absolute Gasteiger partial charge is 0.165 e. The fraction of sp³-hybridized carbons (Fsp3) is 0.382. The highest BCUT2D eigenvalue weighted by molar-refractivity contribution is 6.10. The average Bonchev–Trinajstić information content (AvgIpc) is 3.27. The van der Waals surface area contributed by atoms with Gasteiger partial charge in [-0.1, -0.05) is 73.2 Å². The number of aromatic nitrogens is 1. The van der Waals surface area contributed by atoms with Crippen LogP contribution in [0.4, 0.5) is 0 Å². The molecular weight excluding hydrogens is 466 g/mol. The van der Waals surface area contributed by atoms with Crippen LogP contribution in [-0.2, 0) is 32.6 Å². The van der Waals surface area contributed by atoms with Gasteiger partial charge in [0.05, 0.1) is 0 Å². The molecule has 3 aromatic carbocycles. The van der Waals surface area contributed by atoms with Crippen molar-refractivity contribution in [2.75, 3.05) is 19.6 Å². The summed E-state index contributed by atoms with van der Waals surface area (Å²) in [5, 5.41) is 1.18. The Morgan fingerprint density at radius 3 is 2.08 bits per heavy atom. The Bertz CT molecular complexity index is 1330. The van der Waals surface area contributed by atoms with E-state index in [9.17, 15) is 4.79 Å². The van der Waals surface area contributed by atoms with Gasteiger partial charge in [0.25, 0.3) is 0 Å². The first kappa shape index (κ1) is 25.1. The minimum atomic E-state index is 0.329. The Balaban J connectivity index is 1.28. The van der Waals surface area contributed by atoms with Crippen molar-refractivity contribution < 1.29 is 4.79 Å². The van der Waals surface area contributed by atoms with E-state index in [0.29, 0.717) is 12.2 Å². The van der Waals surface area contributed by atoms with E-state index in [1.165, 1.54) is 65.6 Å². The maximum absolute atomic E-state index is 13.2. The van der Waals surface area contributed by atoms with Crippen LogP contribution in [0, 0.1) is 0 Å². The molecule has 38 heavy (non-hydrogen) atoms. The van der Waals surface area contributed by atoms with E-state index in [-0.39, 0.29) is 0 Å². The molecule has 1 fully saturated rings. The van der Waals surface area contributed by atoms with Gasteiger partial charge < -0.3 is 4.57 Å². The van der Waals surface area contributed by atoms with E-state index in [2.05, 4.69) is 93.2 Å². The van der Waals surface area contributed by atoms with E-state index in [1.807, 2.05) is 0 Å². The van der Waals surface area contributed by atoms with Crippen molar-refractivity contribution in [3.8, 4) is 0 Å². The van der Waals surface area contributed by atoms with Gasteiger partial charge in [0, 0.05) is 61.3 Å². The molecule has 1 aromatic heterocycles. The van der Waals surface area contributed by atoms with Crippen molar-refractivity contribution in [3.05, 3.63) is 107 Å². The van der Waals surface area contributed by atoms with Crippen LogP contribution < -0.4 is 0 Å². The monoisotopic (exact) mass is 505 g/mol. The summed E-state index contributed by atoms with van der Waals surface area (Å²) in [6.45, 7) is 7.02. The number of benzene rings is 3. The van der Waals surface area contributed by atoms with Crippen LogP contribution in [0.25, 0.3) is 10.9 Å². The predicted octanol–water partition coefficient (Wildman–Crippen LogP) is 6.85. The second kappa shape index (κ2) is 11.7. The number of carbonyl (C=O) groups excluding carboxylic acids is 1. The van der Waals surface area contributed by atoms with E-state index in [4.69, 9.17) is 0 Å². The molecule has 2 heterocycles. The minimum absolute atomic E-state index is 0.329. The summed E-state index contributed by atoms with van der Waals surface area (Å²) >= 11 is 0. The van der Waals surface area contributed by atoms with Crippen LogP contribution in [0.5, 0.6) is 0 Å². The zero-order chi connectivity index (χ0) is 25.7. The molecule has 1 saturated heterocycles. The lowest BCUT2D eigenvalue weighted by Gasteiger charge is -2.26. The SMILES string of the molecule is O=C1CCCc2c1c1cc(CN3CCCCC3)ccc1n2CCN(Cc1ccccc1)Cc1ccccc1. The third kappa shape index (κ3) is 5.62. The van der Waals surface area contributed by atoms with E-state index < -0.39 is 0 Å². The molecular formula is C34H39N3O. The number of carbonyl (C=O) groups is 1. The molecule has 4 nitrogen and oxygen atoms in total. The highest BCUT2D eigenvalue weighted by Gasteiger charge is 2.26. The Kier molecular flexibility index (Phi) is 7.71.